The molecule has 30 heavy (non-hydrogen) atoms. The van der Waals surface area contributed by atoms with Crippen molar-refractivity contribution in [2.45, 2.75) is 13.8 Å². The van der Waals surface area contributed by atoms with Crippen LogP contribution in [0.5, 0.6) is 5.75 Å². The number of carbonyl (C=O) groups is 1. The van der Waals surface area contributed by atoms with Crippen molar-refractivity contribution >= 4 is 39.4 Å². The maximum absolute atomic E-state index is 12.7. The van der Waals surface area contributed by atoms with Gasteiger partial charge in [0.15, 0.2) is 5.71 Å². The third-order valence-corrected chi connectivity index (χ3v) is 5.27. The van der Waals surface area contributed by atoms with E-state index in [0.717, 1.165) is 22.7 Å². The van der Waals surface area contributed by atoms with Crippen molar-refractivity contribution in [1.82, 2.24) is 4.98 Å². The summed E-state index contributed by atoms with van der Waals surface area (Å²) in [4.78, 5) is 17.3. The van der Waals surface area contributed by atoms with E-state index in [1.165, 1.54) is 11.3 Å². The molecule has 3 aromatic rings. The predicted molar refractivity (Wildman–Crippen MR) is 122 cm³/mol. The highest BCUT2D eigenvalue weighted by molar-refractivity contribution is 7.14. The van der Waals surface area contributed by atoms with Crippen LogP contribution in [0.15, 0.2) is 70.2 Å². The first-order valence-corrected chi connectivity index (χ1v) is 10.5. The summed E-state index contributed by atoms with van der Waals surface area (Å²) in [5.74, 6) is 0.675. The Morgan fingerprint density at radius 3 is 2.63 bits per heavy atom. The fraction of sp³-hybridized carbons (Fsp3) is 0.182. The summed E-state index contributed by atoms with van der Waals surface area (Å²) < 4.78 is 5.43. The maximum Gasteiger partial charge on any atom is 0.206 e. The molecular weight excluding hydrogens is 398 g/mol. The van der Waals surface area contributed by atoms with Gasteiger partial charge in [0, 0.05) is 10.9 Å². The minimum Gasteiger partial charge on any atom is -0.494 e. The Labute approximate surface area is 178 Å². The first kappa shape index (κ1) is 19.8. The molecular formula is C22H21N5O2S. The molecule has 0 fully saturated rings. The fourth-order valence-electron chi connectivity index (χ4n) is 2.97. The van der Waals surface area contributed by atoms with Crippen molar-refractivity contribution in [2.75, 3.05) is 23.6 Å². The van der Waals surface area contributed by atoms with Crippen LogP contribution in [-0.4, -0.2) is 35.3 Å². The zero-order chi connectivity index (χ0) is 20.9. The highest BCUT2D eigenvalue weighted by Crippen LogP contribution is 2.28. The lowest BCUT2D eigenvalue weighted by molar-refractivity contribution is -0.111. The van der Waals surface area contributed by atoms with Crippen LogP contribution in [0.3, 0.4) is 0 Å². The van der Waals surface area contributed by atoms with Crippen molar-refractivity contribution in [3.63, 3.8) is 0 Å². The first-order valence-electron chi connectivity index (χ1n) is 9.58. The molecule has 0 saturated heterocycles. The smallest absolute Gasteiger partial charge is 0.206 e. The zero-order valence-corrected chi connectivity index (χ0v) is 17.5. The number of Topliss-reactive ketones (excluding diaryl/α,β-unsaturated/α-hetero) is 1. The number of thiazole rings is 1. The van der Waals surface area contributed by atoms with Crippen LogP contribution in [0.25, 0.3) is 11.3 Å². The number of ketones is 1. The van der Waals surface area contributed by atoms with E-state index in [2.05, 4.69) is 20.6 Å². The molecule has 2 aromatic carbocycles. The topological polar surface area (TPSA) is 79.2 Å². The summed E-state index contributed by atoms with van der Waals surface area (Å²) in [7, 11) is 0. The van der Waals surface area contributed by atoms with E-state index < -0.39 is 0 Å². The van der Waals surface area contributed by atoms with E-state index in [9.17, 15) is 4.79 Å². The molecule has 0 unspecified atom stereocenters. The number of rotatable bonds is 6. The first-order chi connectivity index (χ1) is 14.6. The second kappa shape index (κ2) is 8.87. The number of carbonyl (C=O) groups excluding carboxylic acids is 1. The highest BCUT2D eigenvalue weighted by Gasteiger charge is 2.26. The Hall–Kier alpha value is -3.52. The molecule has 1 N–H and O–H groups in total. The van der Waals surface area contributed by atoms with E-state index in [4.69, 9.17) is 4.74 Å². The fourth-order valence-corrected chi connectivity index (χ4v) is 3.75. The molecule has 0 atom stereocenters. The van der Waals surface area contributed by atoms with Crippen LogP contribution in [0.2, 0.25) is 0 Å². The quantitative estimate of drug-likeness (QED) is 0.598. The highest BCUT2D eigenvalue weighted by atomic mass is 32.1. The summed E-state index contributed by atoms with van der Waals surface area (Å²) in [5.41, 5.74) is 6.45. The molecule has 1 aromatic heterocycles. The van der Waals surface area contributed by atoms with Crippen molar-refractivity contribution in [3.05, 3.63) is 60.0 Å². The molecule has 1 aliphatic rings. The van der Waals surface area contributed by atoms with Crippen molar-refractivity contribution in [2.24, 2.45) is 10.2 Å². The predicted octanol–water partition coefficient (Wildman–Crippen LogP) is 4.44. The molecule has 2 heterocycles. The standard InChI is InChI=1S/C22H21N5O2S/c1-3-29-18-11-9-17(10-12-18)24-25-21-15(2)26-27(13-20(21)28)22-23-19(14-30-22)16-7-5-4-6-8-16/h4-12,14,24H,3,13H2,1-2H3/b25-21-. The van der Waals surface area contributed by atoms with Gasteiger partial charge >= 0.3 is 0 Å². The second-order valence-corrected chi connectivity index (χ2v) is 7.41. The summed E-state index contributed by atoms with van der Waals surface area (Å²) in [6, 6.07) is 17.3. The van der Waals surface area contributed by atoms with Gasteiger partial charge < -0.3 is 4.74 Å². The van der Waals surface area contributed by atoms with Crippen LogP contribution in [0, 0.1) is 0 Å². The van der Waals surface area contributed by atoms with Crippen molar-refractivity contribution in [3.8, 4) is 17.0 Å². The van der Waals surface area contributed by atoms with Gasteiger partial charge in [-0.3, -0.25) is 10.2 Å². The Morgan fingerprint density at radius 2 is 1.93 bits per heavy atom. The van der Waals surface area contributed by atoms with Gasteiger partial charge in [-0.2, -0.15) is 10.2 Å². The van der Waals surface area contributed by atoms with Gasteiger partial charge in [0.25, 0.3) is 0 Å². The average Bonchev–Trinajstić information content (AvgIpc) is 3.25. The molecule has 0 amide bonds. The molecule has 152 valence electrons. The van der Waals surface area contributed by atoms with Gasteiger partial charge in [-0.15, -0.1) is 11.3 Å². The number of hydrogen-bond acceptors (Lipinski definition) is 8. The normalized spacial score (nSPS) is 15.3. The Bertz CT molecular complexity index is 1090. The van der Waals surface area contributed by atoms with E-state index in [1.54, 1.807) is 11.9 Å². The number of aromatic nitrogens is 1. The number of anilines is 2. The third-order valence-electron chi connectivity index (χ3n) is 4.42. The van der Waals surface area contributed by atoms with Crippen molar-refractivity contribution < 1.29 is 9.53 Å². The molecule has 0 bridgehead atoms. The van der Waals surface area contributed by atoms with E-state index >= 15 is 0 Å². The number of hydrogen-bond donors (Lipinski definition) is 1. The number of nitrogens with one attached hydrogen (secondary N) is 1. The molecule has 0 saturated carbocycles. The number of hydrazone groups is 2. The summed E-state index contributed by atoms with van der Waals surface area (Å²) in [6.45, 7) is 4.42. The lowest BCUT2D eigenvalue weighted by atomic mass is 10.1. The van der Waals surface area contributed by atoms with Crippen LogP contribution >= 0.6 is 11.3 Å². The number of benzene rings is 2. The van der Waals surface area contributed by atoms with Crippen molar-refractivity contribution in [1.29, 1.82) is 0 Å². The molecule has 0 radical (unpaired) electrons. The van der Waals surface area contributed by atoms with Crippen LogP contribution in [0.4, 0.5) is 10.8 Å². The SMILES string of the molecule is CCOc1ccc(N/N=C2\C(=O)CN(c3nc(-c4ccccc4)cs3)N=C2C)cc1. The van der Waals surface area contributed by atoms with Gasteiger partial charge in [0.05, 0.1) is 23.7 Å². The monoisotopic (exact) mass is 419 g/mol. The zero-order valence-electron chi connectivity index (χ0n) is 16.7. The Kier molecular flexibility index (Phi) is 5.85. The summed E-state index contributed by atoms with van der Waals surface area (Å²) in [6.07, 6.45) is 0. The van der Waals surface area contributed by atoms with E-state index in [0.29, 0.717) is 23.2 Å². The van der Waals surface area contributed by atoms with Gasteiger partial charge in [-0.25, -0.2) is 9.99 Å². The largest absolute Gasteiger partial charge is 0.494 e. The van der Waals surface area contributed by atoms with Gasteiger partial charge in [0.1, 0.15) is 12.3 Å². The average molecular weight is 420 g/mol. The molecule has 0 spiro atoms. The number of ether oxygens (including phenoxy) is 1. The van der Waals surface area contributed by atoms with Crippen LogP contribution in [-0.2, 0) is 4.79 Å². The van der Waals surface area contributed by atoms with E-state index in [1.807, 2.05) is 66.9 Å². The Balaban J connectivity index is 1.48. The van der Waals surface area contributed by atoms with E-state index in [-0.39, 0.29) is 12.3 Å². The van der Waals surface area contributed by atoms with Gasteiger partial charge in [-0.05, 0) is 38.1 Å². The maximum atomic E-state index is 12.7. The van der Waals surface area contributed by atoms with Gasteiger partial charge in [0.2, 0.25) is 10.9 Å². The summed E-state index contributed by atoms with van der Waals surface area (Å²) in [5, 5.41) is 13.1. The third kappa shape index (κ3) is 4.38. The minimum atomic E-state index is -0.114. The number of nitrogens with zero attached hydrogens (tertiary/aromatic N) is 4. The summed E-state index contributed by atoms with van der Waals surface area (Å²) >= 11 is 1.46. The molecule has 8 heteroatoms. The lowest BCUT2D eigenvalue weighted by Crippen LogP contribution is -2.40. The molecule has 0 aliphatic carbocycles. The molecule has 7 nitrogen and oxygen atoms in total. The molecule has 1 aliphatic heterocycles. The Morgan fingerprint density at radius 1 is 1.17 bits per heavy atom. The van der Waals surface area contributed by atoms with Crippen LogP contribution < -0.4 is 15.2 Å². The second-order valence-electron chi connectivity index (χ2n) is 6.58. The lowest BCUT2D eigenvalue weighted by Gasteiger charge is -2.21. The van der Waals surface area contributed by atoms with Crippen LogP contribution in [0.1, 0.15) is 13.8 Å². The van der Waals surface area contributed by atoms with Gasteiger partial charge in [-0.1, -0.05) is 30.3 Å². The molecule has 4 rings (SSSR count). The minimum absolute atomic E-state index is 0.100.